The minimum absolute atomic E-state index is 0.000170. The molecule has 0 amide bonds. The number of nitrogens with one attached hydrogen (secondary N) is 1. The third-order valence-corrected chi connectivity index (χ3v) is 3.72. The largest absolute Gasteiger partial charge is 0.409 e. The van der Waals surface area contributed by atoms with Gasteiger partial charge in [0.1, 0.15) is 5.84 Å². The molecule has 4 N–H and O–H groups in total. The van der Waals surface area contributed by atoms with Crippen molar-refractivity contribution in [3.63, 3.8) is 0 Å². The lowest BCUT2D eigenvalue weighted by atomic mass is 10.3. The van der Waals surface area contributed by atoms with Crippen molar-refractivity contribution >= 4 is 15.9 Å². The minimum atomic E-state index is -3.34. The molecule has 1 atom stereocenters. The van der Waals surface area contributed by atoms with Crippen molar-refractivity contribution in [1.29, 1.82) is 0 Å². The molecule has 0 aromatic rings. The van der Waals surface area contributed by atoms with Gasteiger partial charge < -0.3 is 15.7 Å². The van der Waals surface area contributed by atoms with Crippen molar-refractivity contribution in [3.05, 3.63) is 0 Å². The maximum atomic E-state index is 11.5. The molecule has 1 fully saturated rings. The number of oxime groups is 1. The number of hydrogen-bond acceptors (Lipinski definition) is 5. The summed E-state index contributed by atoms with van der Waals surface area (Å²) in [5.74, 6) is -0.0248. The Bertz CT molecular complexity index is 335. The van der Waals surface area contributed by atoms with Crippen LogP contribution in [0, 0.1) is 0 Å². The van der Waals surface area contributed by atoms with E-state index < -0.39 is 10.0 Å². The van der Waals surface area contributed by atoms with Crippen molar-refractivity contribution in [3.8, 4) is 0 Å². The van der Waals surface area contributed by atoms with Crippen LogP contribution in [0.2, 0.25) is 0 Å². The highest BCUT2D eigenvalue weighted by atomic mass is 32.2. The number of amidine groups is 1. The summed E-state index contributed by atoms with van der Waals surface area (Å²) in [6, 6.07) is 0. The van der Waals surface area contributed by atoms with Crippen LogP contribution in [0.4, 0.5) is 0 Å². The molecule has 1 rings (SSSR count). The lowest BCUT2D eigenvalue weighted by Crippen LogP contribution is -2.34. The van der Waals surface area contributed by atoms with E-state index in [1.54, 1.807) is 0 Å². The van der Waals surface area contributed by atoms with Gasteiger partial charge in [0.25, 0.3) is 0 Å². The minimum Gasteiger partial charge on any atom is -0.409 e. The fraction of sp³-hybridized carbons (Fsp3) is 0.875. The molecule has 1 aliphatic rings. The van der Waals surface area contributed by atoms with Gasteiger partial charge in [-0.25, -0.2) is 13.1 Å². The molecule has 8 heteroatoms. The van der Waals surface area contributed by atoms with E-state index in [-0.39, 0.29) is 30.7 Å². The van der Waals surface area contributed by atoms with E-state index in [9.17, 15) is 8.42 Å². The second-order valence-electron chi connectivity index (χ2n) is 3.65. The van der Waals surface area contributed by atoms with Gasteiger partial charge in [-0.3, -0.25) is 0 Å². The third kappa shape index (κ3) is 4.77. The maximum Gasteiger partial charge on any atom is 0.214 e. The fourth-order valence-corrected chi connectivity index (χ4v) is 2.75. The summed E-state index contributed by atoms with van der Waals surface area (Å²) in [7, 11) is -3.34. The van der Waals surface area contributed by atoms with Crippen LogP contribution in [-0.4, -0.2) is 44.5 Å². The summed E-state index contributed by atoms with van der Waals surface area (Å²) in [5.41, 5.74) is 5.21. The van der Waals surface area contributed by atoms with Crippen molar-refractivity contribution in [2.45, 2.75) is 25.4 Å². The van der Waals surface area contributed by atoms with Crippen LogP contribution < -0.4 is 10.5 Å². The number of ether oxygens (including phenoxy) is 1. The van der Waals surface area contributed by atoms with Crippen molar-refractivity contribution < 1.29 is 18.4 Å². The monoisotopic (exact) mass is 251 g/mol. The zero-order valence-corrected chi connectivity index (χ0v) is 9.74. The van der Waals surface area contributed by atoms with Gasteiger partial charge in [0, 0.05) is 19.6 Å². The van der Waals surface area contributed by atoms with Crippen LogP contribution in [0.3, 0.4) is 0 Å². The molecule has 0 spiro atoms. The van der Waals surface area contributed by atoms with Gasteiger partial charge in [0.15, 0.2) is 0 Å². The molecule has 1 saturated heterocycles. The van der Waals surface area contributed by atoms with Crippen LogP contribution in [-0.2, 0) is 14.8 Å². The Hall–Kier alpha value is -0.860. The van der Waals surface area contributed by atoms with Crippen LogP contribution in [0.1, 0.15) is 19.3 Å². The normalized spacial score (nSPS) is 22.5. The SMILES string of the molecule is NC(CCNS(=O)(=O)CC1CCCO1)=NO. The highest BCUT2D eigenvalue weighted by Crippen LogP contribution is 2.13. The lowest BCUT2D eigenvalue weighted by Gasteiger charge is -2.10. The van der Waals surface area contributed by atoms with Crippen molar-refractivity contribution in [2.75, 3.05) is 18.9 Å². The molecule has 94 valence electrons. The van der Waals surface area contributed by atoms with Crippen LogP contribution in [0.5, 0.6) is 0 Å². The Labute approximate surface area is 94.7 Å². The van der Waals surface area contributed by atoms with Crippen molar-refractivity contribution in [1.82, 2.24) is 4.72 Å². The second-order valence-corrected chi connectivity index (χ2v) is 5.50. The van der Waals surface area contributed by atoms with Gasteiger partial charge >= 0.3 is 0 Å². The first-order chi connectivity index (χ1) is 7.53. The highest BCUT2D eigenvalue weighted by Gasteiger charge is 2.22. The van der Waals surface area contributed by atoms with Gasteiger partial charge in [0.2, 0.25) is 10.0 Å². The molecular formula is C8H17N3O4S. The van der Waals surface area contributed by atoms with E-state index in [2.05, 4.69) is 9.88 Å². The first kappa shape index (κ1) is 13.2. The molecule has 7 nitrogen and oxygen atoms in total. The maximum absolute atomic E-state index is 11.5. The molecule has 0 bridgehead atoms. The standard InChI is InChI=1S/C8H17N3O4S/c9-8(11-12)3-4-10-16(13,14)6-7-2-1-5-15-7/h7,10,12H,1-6H2,(H2,9,11). The Morgan fingerprint density at radius 1 is 1.62 bits per heavy atom. The summed E-state index contributed by atoms with van der Waals surface area (Å²) >= 11 is 0. The van der Waals surface area contributed by atoms with Crippen molar-refractivity contribution in [2.24, 2.45) is 10.9 Å². The van der Waals surface area contributed by atoms with Crippen LogP contribution >= 0.6 is 0 Å². The van der Waals surface area contributed by atoms with E-state index in [0.717, 1.165) is 12.8 Å². The number of nitrogens with two attached hydrogens (primary N) is 1. The number of nitrogens with zero attached hydrogens (tertiary/aromatic N) is 1. The van der Waals surface area contributed by atoms with Crippen LogP contribution in [0.15, 0.2) is 5.16 Å². The zero-order chi connectivity index (χ0) is 12.0. The van der Waals surface area contributed by atoms with Gasteiger partial charge in [-0.1, -0.05) is 5.16 Å². The molecule has 1 unspecified atom stereocenters. The van der Waals surface area contributed by atoms with Gasteiger partial charge in [-0.15, -0.1) is 0 Å². The quantitative estimate of drug-likeness (QED) is 0.248. The predicted molar refractivity (Wildman–Crippen MR) is 58.8 cm³/mol. The molecule has 1 heterocycles. The molecule has 0 saturated carbocycles. The molecule has 0 radical (unpaired) electrons. The average Bonchev–Trinajstić information content (AvgIpc) is 2.69. The number of hydrogen-bond donors (Lipinski definition) is 3. The average molecular weight is 251 g/mol. The summed E-state index contributed by atoms with van der Waals surface area (Å²) in [6.07, 6.45) is 1.66. The van der Waals surface area contributed by atoms with E-state index in [4.69, 9.17) is 15.7 Å². The zero-order valence-electron chi connectivity index (χ0n) is 8.92. The summed E-state index contributed by atoms with van der Waals surface area (Å²) < 4.78 is 30.6. The summed E-state index contributed by atoms with van der Waals surface area (Å²) in [4.78, 5) is 0. The lowest BCUT2D eigenvalue weighted by molar-refractivity contribution is 0.127. The summed E-state index contributed by atoms with van der Waals surface area (Å²) in [5, 5.41) is 11.0. The highest BCUT2D eigenvalue weighted by molar-refractivity contribution is 7.89. The molecular weight excluding hydrogens is 234 g/mol. The molecule has 0 aliphatic carbocycles. The van der Waals surface area contributed by atoms with Gasteiger partial charge in [-0.2, -0.15) is 0 Å². The molecule has 0 aromatic heterocycles. The van der Waals surface area contributed by atoms with Gasteiger partial charge in [-0.05, 0) is 12.8 Å². The Morgan fingerprint density at radius 2 is 2.38 bits per heavy atom. The molecule has 16 heavy (non-hydrogen) atoms. The summed E-state index contributed by atoms with van der Waals surface area (Å²) in [6.45, 7) is 0.759. The third-order valence-electron chi connectivity index (χ3n) is 2.26. The number of rotatable bonds is 6. The second kappa shape index (κ2) is 6.02. The van der Waals surface area contributed by atoms with Gasteiger partial charge in [0.05, 0.1) is 11.9 Å². The Balaban J connectivity index is 2.28. The first-order valence-corrected chi connectivity index (χ1v) is 6.74. The predicted octanol–water partition coefficient (Wildman–Crippen LogP) is -0.779. The first-order valence-electron chi connectivity index (χ1n) is 5.09. The van der Waals surface area contributed by atoms with E-state index >= 15 is 0 Å². The van der Waals surface area contributed by atoms with E-state index in [1.165, 1.54) is 0 Å². The Morgan fingerprint density at radius 3 is 2.94 bits per heavy atom. The molecule has 1 aliphatic heterocycles. The fourth-order valence-electron chi connectivity index (χ4n) is 1.46. The van der Waals surface area contributed by atoms with Crippen LogP contribution in [0.25, 0.3) is 0 Å². The van der Waals surface area contributed by atoms with E-state index in [1.807, 2.05) is 0 Å². The Kier molecular flexibility index (Phi) is 4.97. The number of sulfonamides is 1. The topological polar surface area (TPSA) is 114 Å². The molecule has 0 aromatic carbocycles. The van der Waals surface area contributed by atoms with E-state index in [0.29, 0.717) is 6.61 Å². The smallest absolute Gasteiger partial charge is 0.214 e.